The van der Waals surface area contributed by atoms with Gasteiger partial charge in [-0.05, 0) is 42.6 Å². The van der Waals surface area contributed by atoms with Gasteiger partial charge in [0.15, 0.2) is 0 Å². The molecule has 0 spiro atoms. The van der Waals surface area contributed by atoms with Gasteiger partial charge in [-0.3, -0.25) is 0 Å². The second-order valence-electron chi connectivity index (χ2n) is 4.85. The van der Waals surface area contributed by atoms with E-state index >= 15 is 0 Å². The third-order valence-electron chi connectivity index (χ3n) is 2.68. The number of hydrogen-bond acceptors (Lipinski definition) is 1. The summed E-state index contributed by atoms with van der Waals surface area (Å²) in [4.78, 5) is 0. The number of hydrogen-bond donors (Lipinski definition) is 1. The smallest absolute Gasteiger partial charge is 0.0479 e. The van der Waals surface area contributed by atoms with E-state index < -0.39 is 0 Å². The first-order chi connectivity index (χ1) is 8.52. The largest absolute Gasteiger partial charge is 0.313 e. The highest BCUT2D eigenvalue weighted by Crippen LogP contribution is 2.23. The predicted octanol–water partition coefficient (Wildman–Crippen LogP) is 5.03. The fourth-order valence-electron chi connectivity index (χ4n) is 1.64. The molecule has 3 heteroatoms. The Balaban J connectivity index is 2.74. The lowest BCUT2D eigenvalue weighted by Gasteiger charge is -2.10. The Hall–Kier alpha value is -0.500. The molecule has 18 heavy (non-hydrogen) atoms. The average molecular weight is 286 g/mol. The van der Waals surface area contributed by atoms with E-state index in [1.807, 2.05) is 18.2 Å². The lowest BCUT2D eigenvalue weighted by molar-refractivity contribution is 0.569. The van der Waals surface area contributed by atoms with Gasteiger partial charge in [0, 0.05) is 16.6 Å². The molecule has 0 aliphatic carbocycles. The molecule has 0 unspecified atom stereocenters. The van der Waals surface area contributed by atoms with Crippen LogP contribution in [0.3, 0.4) is 0 Å². The number of halogens is 2. The van der Waals surface area contributed by atoms with Crippen LogP contribution in [0.1, 0.15) is 32.8 Å². The molecule has 0 amide bonds. The van der Waals surface area contributed by atoms with Gasteiger partial charge in [0.25, 0.3) is 0 Å². The topological polar surface area (TPSA) is 12.0 Å². The molecule has 0 aromatic heterocycles. The van der Waals surface area contributed by atoms with Crippen molar-refractivity contribution < 1.29 is 0 Å². The molecular formula is C15H21Cl2N. The van der Waals surface area contributed by atoms with E-state index in [-0.39, 0.29) is 0 Å². The minimum atomic E-state index is 0.665. The minimum Gasteiger partial charge on any atom is -0.313 e. The molecular weight excluding hydrogens is 265 g/mol. The van der Waals surface area contributed by atoms with Crippen LogP contribution in [0.5, 0.6) is 0 Å². The summed E-state index contributed by atoms with van der Waals surface area (Å²) in [5.74, 6) is 0.665. The Labute approximate surface area is 120 Å². The van der Waals surface area contributed by atoms with Crippen LogP contribution in [0.15, 0.2) is 23.8 Å². The SMILES string of the molecule is CC/C(=C/c1cc(Cl)ccc1Cl)CNCC(C)C. The Morgan fingerprint density at radius 2 is 2.06 bits per heavy atom. The molecule has 0 saturated heterocycles. The summed E-state index contributed by atoms with van der Waals surface area (Å²) in [6.45, 7) is 8.49. The van der Waals surface area contributed by atoms with Gasteiger partial charge in [0.2, 0.25) is 0 Å². The Bertz CT molecular complexity index is 411. The second-order valence-corrected chi connectivity index (χ2v) is 5.69. The van der Waals surface area contributed by atoms with Crippen LogP contribution >= 0.6 is 23.2 Å². The first-order valence-corrected chi connectivity index (χ1v) is 7.13. The summed E-state index contributed by atoms with van der Waals surface area (Å²) in [6.07, 6.45) is 3.13. The van der Waals surface area contributed by atoms with E-state index in [0.29, 0.717) is 5.92 Å². The second kappa shape index (κ2) is 7.83. The molecule has 0 aliphatic heterocycles. The molecule has 1 aromatic carbocycles. The molecule has 1 rings (SSSR count). The summed E-state index contributed by atoms with van der Waals surface area (Å²) in [5.41, 5.74) is 2.33. The maximum atomic E-state index is 6.16. The van der Waals surface area contributed by atoms with Crippen LogP contribution in [0.2, 0.25) is 10.0 Å². The van der Waals surface area contributed by atoms with Gasteiger partial charge in [0.1, 0.15) is 0 Å². The van der Waals surface area contributed by atoms with Crippen LogP contribution in [0, 0.1) is 5.92 Å². The van der Waals surface area contributed by atoms with E-state index in [0.717, 1.165) is 35.1 Å². The van der Waals surface area contributed by atoms with E-state index in [9.17, 15) is 0 Å². The van der Waals surface area contributed by atoms with Crippen molar-refractivity contribution in [3.8, 4) is 0 Å². The summed E-state index contributed by atoms with van der Waals surface area (Å²) in [5, 5.41) is 4.91. The third-order valence-corrected chi connectivity index (χ3v) is 3.26. The highest BCUT2D eigenvalue weighted by atomic mass is 35.5. The van der Waals surface area contributed by atoms with Crippen molar-refractivity contribution in [2.45, 2.75) is 27.2 Å². The molecule has 0 radical (unpaired) electrons. The van der Waals surface area contributed by atoms with Crippen LogP contribution in [0.25, 0.3) is 6.08 Å². The lowest BCUT2D eigenvalue weighted by atomic mass is 10.1. The highest BCUT2D eigenvalue weighted by Gasteiger charge is 2.01. The zero-order chi connectivity index (χ0) is 13.5. The normalized spacial score (nSPS) is 12.2. The molecule has 0 heterocycles. The lowest BCUT2D eigenvalue weighted by Crippen LogP contribution is -2.21. The molecule has 1 aromatic rings. The average Bonchev–Trinajstić information content (AvgIpc) is 2.32. The van der Waals surface area contributed by atoms with Gasteiger partial charge in [0.05, 0.1) is 0 Å². The predicted molar refractivity (Wildman–Crippen MR) is 82.4 cm³/mol. The van der Waals surface area contributed by atoms with Gasteiger partial charge in [-0.25, -0.2) is 0 Å². The highest BCUT2D eigenvalue weighted by molar-refractivity contribution is 6.34. The van der Waals surface area contributed by atoms with E-state index in [2.05, 4.69) is 32.2 Å². The number of benzene rings is 1. The van der Waals surface area contributed by atoms with E-state index in [4.69, 9.17) is 23.2 Å². The minimum absolute atomic E-state index is 0.665. The summed E-state index contributed by atoms with van der Waals surface area (Å²) >= 11 is 12.1. The first-order valence-electron chi connectivity index (χ1n) is 6.38. The fourth-order valence-corrected chi connectivity index (χ4v) is 2.00. The van der Waals surface area contributed by atoms with Gasteiger partial charge in [-0.1, -0.05) is 55.6 Å². The summed E-state index contributed by atoms with van der Waals surface area (Å²) in [7, 11) is 0. The maximum Gasteiger partial charge on any atom is 0.0479 e. The first kappa shape index (κ1) is 15.6. The summed E-state index contributed by atoms with van der Waals surface area (Å²) in [6, 6.07) is 5.55. The van der Waals surface area contributed by atoms with Gasteiger partial charge in [-0.15, -0.1) is 0 Å². The summed E-state index contributed by atoms with van der Waals surface area (Å²) < 4.78 is 0. The standard InChI is InChI=1S/C15H21Cl2N/c1-4-12(10-18-9-11(2)3)7-13-8-14(16)5-6-15(13)17/h5-8,11,18H,4,9-10H2,1-3H3/b12-7-. The fraction of sp³-hybridized carbons (Fsp3) is 0.467. The molecule has 0 bridgehead atoms. The van der Waals surface area contributed by atoms with E-state index in [1.165, 1.54) is 5.57 Å². The quantitative estimate of drug-likeness (QED) is 0.773. The molecule has 1 nitrogen and oxygen atoms in total. The zero-order valence-electron chi connectivity index (χ0n) is 11.3. The van der Waals surface area contributed by atoms with Gasteiger partial charge in [-0.2, -0.15) is 0 Å². The van der Waals surface area contributed by atoms with Gasteiger partial charge >= 0.3 is 0 Å². The number of rotatable bonds is 6. The van der Waals surface area contributed by atoms with Crippen molar-refractivity contribution >= 4 is 29.3 Å². The molecule has 0 fully saturated rings. The van der Waals surface area contributed by atoms with Crippen LogP contribution < -0.4 is 5.32 Å². The molecule has 0 aliphatic rings. The van der Waals surface area contributed by atoms with Crippen molar-refractivity contribution in [2.75, 3.05) is 13.1 Å². The third kappa shape index (κ3) is 5.43. The monoisotopic (exact) mass is 285 g/mol. The van der Waals surface area contributed by atoms with Crippen LogP contribution in [-0.4, -0.2) is 13.1 Å². The molecule has 1 N–H and O–H groups in total. The van der Waals surface area contributed by atoms with Crippen LogP contribution in [0.4, 0.5) is 0 Å². The molecule has 100 valence electrons. The van der Waals surface area contributed by atoms with Crippen LogP contribution in [-0.2, 0) is 0 Å². The Morgan fingerprint density at radius 3 is 2.67 bits per heavy atom. The Kier molecular flexibility index (Phi) is 6.77. The molecule has 0 saturated carbocycles. The zero-order valence-corrected chi connectivity index (χ0v) is 12.8. The van der Waals surface area contributed by atoms with Crippen molar-refractivity contribution in [3.63, 3.8) is 0 Å². The van der Waals surface area contributed by atoms with Gasteiger partial charge < -0.3 is 5.32 Å². The molecule has 0 atom stereocenters. The van der Waals surface area contributed by atoms with Crippen molar-refractivity contribution in [2.24, 2.45) is 5.92 Å². The van der Waals surface area contributed by atoms with Crippen molar-refractivity contribution in [1.82, 2.24) is 5.32 Å². The van der Waals surface area contributed by atoms with E-state index in [1.54, 1.807) is 0 Å². The number of nitrogens with one attached hydrogen (secondary N) is 1. The van der Waals surface area contributed by atoms with Crippen molar-refractivity contribution in [1.29, 1.82) is 0 Å². The van der Waals surface area contributed by atoms with Crippen molar-refractivity contribution in [3.05, 3.63) is 39.4 Å². The maximum absolute atomic E-state index is 6.16. The Morgan fingerprint density at radius 1 is 1.33 bits per heavy atom.